The summed E-state index contributed by atoms with van der Waals surface area (Å²) >= 11 is 0. The minimum atomic E-state index is -1.57. The monoisotopic (exact) mass is 302 g/mol. The Morgan fingerprint density at radius 2 is 1.82 bits per heavy atom. The van der Waals surface area contributed by atoms with Crippen LogP contribution >= 0.6 is 0 Å². The largest absolute Gasteiger partial charge is 0.502 e. The number of rotatable bonds is 6. The summed E-state index contributed by atoms with van der Waals surface area (Å²) in [6.07, 6.45) is 1.09. The van der Waals surface area contributed by atoms with Gasteiger partial charge in [-0.1, -0.05) is 12.1 Å². The highest BCUT2D eigenvalue weighted by Crippen LogP contribution is 2.17. The summed E-state index contributed by atoms with van der Waals surface area (Å²) in [6, 6.07) is 10.4. The van der Waals surface area contributed by atoms with Crippen molar-refractivity contribution in [2.75, 3.05) is 7.11 Å². The lowest BCUT2D eigenvalue weighted by Crippen LogP contribution is -2.03. The number of carbonyl (C=O) groups excluding carboxylic acids is 1. The van der Waals surface area contributed by atoms with Crippen molar-refractivity contribution in [1.82, 2.24) is 0 Å². The molecule has 0 aliphatic carbocycles. The van der Waals surface area contributed by atoms with Gasteiger partial charge in [-0.05, 0) is 29.8 Å². The first-order chi connectivity index (χ1) is 10.5. The molecule has 0 bridgehead atoms. The molecule has 1 aromatic carbocycles. The molecule has 2 aromatic rings. The fourth-order valence-electron chi connectivity index (χ4n) is 1.81. The third kappa shape index (κ3) is 3.76. The van der Waals surface area contributed by atoms with Gasteiger partial charge >= 0.3 is 5.97 Å². The predicted octanol–water partition coefficient (Wildman–Crippen LogP) is 2.59. The van der Waals surface area contributed by atoms with Crippen LogP contribution in [0.4, 0.5) is 0 Å². The van der Waals surface area contributed by atoms with Crippen molar-refractivity contribution < 1.29 is 29.0 Å². The Kier molecular flexibility index (Phi) is 4.63. The van der Waals surface area contributed by atoms with Crippen molar-refractivity contribution in [3.63, 3.8) is 0 Å². The number of aliphatic carboxylic acids is 1. The minimum absolute atomic E-state index is 0.0312. The lowest BCUT2D eigenvalue weighted by Gasteiger charge is -2.01. The van der Waals surface area contributed by atoms with Gasteiger partial charge in [0, 0.05) is 12.5 Å². The lowest BCUT2D eigenvalue weighted by atomic mass is 10.1. The van der Waals surface area contributed by atoms with Gasteiger partial charge in [0.05, 0.1) is 7.11 Å². The summed E-state index contributed by atoms with van der Waals surface area (Å²) in [6.45, 7) is 0. The van der Waals surface area contributed by atoms with Crippen LogP contribution in [0.25, 0.3) is 0 Å². The van der Waals surface area contributed by atoms with E-state index in [0.29, 0.717) is 18.3 Å². The molecule has 0 radical (unpaired) electrons. The summed E-state index contributed by atoms with van der Waals surface area (Å²) < 4.78 is 10.4. The molecule has 22 heavy (non-hydrogen) atoms. The number of ketones is 1. The van der Waals surface area contributed by atoms with Crippen molar-refractivity contribution >= 4 is 11.8 Å². The van der Waals surface area contributed by atoms with E-state index in [9.17, 15) is 9.59 Å². The van der Waals surface area contributed by atoms with Gasteiger partial charge in [0.1, 0.15) is 11.5 Å². The molecule has 0 amide bonds. The van der Waals surface area contributed by atoms with Gasteiger partial charge in [-0.15, -0.1) is 0 Å². The Labute approximate surface area is 126 Å². The number of carboxylic acid groups (broad SMARTS) is 1. The van der Waals surface area contributed by atoms with E-state index < -0.39 is 17.5 Å². The van der Waals surface area contributed by atoms with Crippen molar-refractivity contribution in [1.29, 1.82) is 0 Å². The summed E-state index contributed by atoms with van der Waals surface area (Å²) in [5, 5.41) is 17.5. The third-order valence-electron chi connectivity index (χ3n) is 2.93. The molecule has 0 aliphatic heterocycles. The van der Waals surface area contributed by atoms with Crippen molar-refractivity contribution in [2.45, 2.75) is 6.42 Å². The first-order valence-corrected chi connectivity index (χ1v) is 6.39. The second kappa shape index (κ2) is 6.62. The van der Waals surface area contributed by atoms with Crippen LogP contribution in [0.1, 0.15) is 21.9 Å². The van der Waals surface area contributed by atoms with Crippen molar-refractivity contribution in [2.24, 2.45) is 0 Å². The third-order valence-corrected chi connectivity index (χ3v) is 2.93. The van der Waals surface area contributed by atoms with E-state index in [1.807, 2.05) is 24.3 Å². The number of hydrogen-bond acceptors (Lipinski definition) is 5. The highest BCUT2D eigenvalue weighted by atomic mass is 16.5. The predicted molar refractivity (Wildman–Crippen MR) is 77.2 cm³/mol. The Morgan fingerprint density at radius 1 is 1.14 bits per heavy atom. The molecule has 6 nitrogen and oxygen atoms in total. The molecular weight excluding hydrogens is 288 g/mol. The Balaban J connectivity index is 2.09. The van der Waals surface area contributed by atoms with Crippen LogP contribution < -0.4 is 4.74 Å². The molecule has 114 valence electrons. The molecule has 0 aliphatic rings. The summed E-state index contributed by atoms with van der Waals surface area (Å²) in [5.41, 5.74) is 0.970. The van der Waals surface area contributed by atoms with Gasteiger partial charge in [0.2, 0.25) is 11.5 Å². The zero-order valence-corrected chi connectivity index (χ0v) is 11.8. The average molecular weight is 302 g/mol. The number of carbonyl (C=O) groups is 2. The molecule has 6 heteroatoms. The van der Waals surface area contributed by atoms with Crippen molar-refractivity contribution in [3.05, 3.63) is 65.3 Å². The SMILES string of the molecule is COc1ccc(Cc2ccc(C(=O)/C=C(\O)C(=O)O)o2)cc1. The summed E-state index contributed by atoms with van der Waals surface area (Å²) in [5.74, 6) is -2.04. The minimum Gasteiger partial charge on any atom is -0.502 e. The normalized spacial score (nSPS) is 11.2. The van der Waals surface area contributed by atoms with Gasteiger partial charge in [-0.3, -0.25) is 4.79 Å². The van der Waals surface area contributed by atoms with Crippen LogP contribution in [0.2, 0.25) is 0 Å². The van der Waals surface area contributed by atoms with E-state index in [-0.39, 0.29) is 5.76 Å². The molecule has 0 saturated heterocycles. The molecule has 2 rings (SSSR count). The van der Waals surface area contributed by atoms with E-state index in [4.69, 9.17) is 19.4 Å². The standard InChI is InChI=1S/C16H14O6/c1-21-11-4-2-10(3-5-11)8-12-6-7-15(22-12)13(17)9-14(18)16(19)20/h2-7,9,18H,8H2,1H3,(H,19,20)/b14-9-. The fourth-order valence-corrected chi connectivity index (χ4v) is 1.81. The topological polar surface area (TPSA) is 97.0 Å². The zero-order chi connectivity index (χ0) is 16.1. The number of carboxylic acids is 1. The Bertz CT molecular complexity index is 708. The second-order valence-electron chi connectivity index (χ2n) is 4.49. The van der Waals surface area contributed by atoms with Crippen LogP contribution in [0.15, 0.2) is 52.7 Å². The number of furan rings is 1. The average Bonchev–Trinajstić information content (AvgIpc) is 2.96. The number of ether oxygens (including phenoxy) is 1. The maximum Gasteiger partial charge on any atom is 0.371 e. The van der Waals surface area contributed by atoms with E-state index in [2.05, 4.69) is 0 Å². The highest BCUT2D eigenvalue weighted by Gasteiger charge is 2.13. The van der Waals surface area contributed by atoms with Crippen LogP contribution in [0.3, 0.4) is 0 Å². The first kappa shape index (κ1) is 15.4. The smallest absolute Gasteiger partial charge is 0.371 e. The molecular formula is C16H14O6. The summed E-state index contributed by atoms with van der Waals surface area (Å²) in [7, 11) is 1.58. The van der Waals surface area contributed by atoms with E-state index in [1.54, 1.807) is 13.2 Å². The molecule has 0 spiro atoms. The number of aliphatic hydroxyl groups excluding tert-OH is 1. The highest BCUT2D eigenvalue weighted by molar-refractivity contribution is 6.06. The van der Waals surface area contributed by atoms with Gasteiger partial charge < -0.3 is 19.4 Å². The number of benzene rings is 1. The summed E-state index contributed by atoms with van der Waals surface area (Å²) in [4.78, 5) is 22.2. The number of hydrogen-bond donors (Lipinski definition) is 2. The molecule has 2 N–H and O–H groups in total. The van der Waals surface area contributed by atoms with Gasteiger partial charge in [-0.25, -0.2) is 4.79 Å². The number of allylic oxidation sites excluding steroid dienone is 1. The molecule has 0 fully saturated rings. The maximum absolute atomic E-state index is 11.7. The second-order valence-corrected chi connectivity index (χ2v) is 4.49. The maximum atomic E-state index is 11.7. The molecule has 1 heterocycles. The Hall–Kier alpha value is -3.02. The van der Waals surface area contributed by atoms with Gasteiger partial charge in [-0.2, -0.15) is 0 Å². The van der Waals surface area contributed by atoms with Gasteiger partial charge in [0.25, 0.3) is 0 Å². The first-order valence-electron chi connectivity index (χ1n) is 6.39. The molecule has 1 aromatic heterocycles. The molecule has 0 unspecified atom stereocenters. The van der Waals surface area contributed by atoms with Crippen LogP contribution in [-0.2, 0) is 11.2 Å². The van der Waals surface area contributed by atoms with Crippen LogP contribution in [-0.4, -0.2) is 29.1 Å². The van der Waals surface area contributed by atoms with E-state index in [1.165, 1.54) is 6.07 Å². The van der Waals surface area contributed by atoms with Crippen molar-refractivity contribution in [3.8, 4) is 5.75 Å². The zero-order valence-electron chi connectivity index (χ0n) is 11.8. The fraction of sp³-hybridized carbons (Fsp3) is 0.125. The van der Waals surface area contributed by atoms with Crippen LogP contribution in [0.5, 0.6) is 5.75 Å². The van der Waals surface area contributed by atoms with E-state index in [0.717, 1.165) is 11.3 Å². The van der Waals surface area contributed by atoms with Gasteiger partial charge in [0.15, 0.2) is 5.76 Å². The lowest BCUT2D eigenvalue weighted by molar-refractivity contribution is -0.135. The Morgan fingerprint density at radius 3 is 2.41 bits per heavy atom. The van der Waals surface area contributed by atoms with E-state index >= 15 is 0 Å². The quantitative estimate of drug-likeness (QED) is 0.483. The number of aliphatic hydroxyl groups is 1. The number of methoxy groups -OCH3 is 1. The van der Waals surface area contributed by atoms with Crippen LogP contribution in [0, 0.1) is 0 Å². The molecule has 0 saturated carbocycles. The molecule has 0 atom stereocenters.